The number of pyridine rings is 2. The van der Waals surface area contributed by atoms with Crippen LogP contribution >= 0.6 is 0 Å². The number of aromatic nitrogens is 4. The van der Waals surface area contributed by atoms with Crippen molar-refractivity contribution >= 4 is 17.0 Å². The molecule has 0 aliphatic heterocycles. The van der Waals surface area contributed by atoms with Gasteiger partial charge >= 0.3 is 5.97 Å². The summed E-state index contributed by atoms with van der Waals surface area (Å²) < 4.78 is 14.8. The molecular formula is C19H13FN4O2. The summed E-state index contributed by atoms with van der Waals surface area (Å²) in [7, 11) is 0. The molecule has 0 bridgehead atoms. The Labute approximate surface area is 147 Å². The molecule has 0 aliphatic carbocycles. The van der Waals surface area contributed by atoms with E-state index < -0.39 is 5.97 Å². The van der Waals surface area contributed by atoms with E-state index in [1.165, 1.54) is 22.9 Å². The summed E-state index contributed by atoms with van der Waals surface area (Å²) in [4.78, 5) is 20.5. The molecule has 0 amide bonds. The monoisotopic (exact) mass is 348 g/mol. The molecule has 0 saturated heterocycles. The van der Waals surface area contributed by atoms with E-state index in [2.05, 4.69) is 15.1 Å². The highest BCUT2D eigenvalue weighted by molar-refractivity contribution is 6.04. The fourth-order valence-electron chi connectivity index (χ4n) is 2.88. The minimum atomic E-state index is -1.07. The second-order valence-corrected chi connectivity index (χ2v) is 5.77. The minimum absolute atomic E-state index is 0.111. The van der Waals surface area contributed by atoms with Gasteiger partial charge in [0.15, 0.2) is 5.65 Å². The van der Waals surface area contributed by atoms with Gasteiger partial charge in [0.2, 0.25) is 0 Å². The summed E-state index contributed by atoms with van der Waals surface area (Å²) >= 11 is 0. The van der Waals surface area contributed by atoms with Crippen LogP contribution in [0.25, 0.3) is 28.0 Å². The first kappa shape index (κ1) is 15.9. The molecule has 128 valence electrons. The van der Waals surface area contributed by atoms with Crippen LogP contribution in [-0.2, 0) is 0 Å². The predicted molar refractivity (Wildman–Crippen MR) is 93.8 cm³/mol. The van der Waals surface area contributed by atoms with Gasteiger partial charge in [0.1, 0.15) is 5.82 Å². The average Bonchev–Trinajstić information content (AvgIpc) is 2.99. The number of halogens is 1. The Kier molecular flexibility index (Phi) is 3.69. The number of aromatic carboxylic acids is 1. The highest BCUT2D eigenvalue weighted by Gasteiger charge is 2.20. The van der Waals surface area contributed by atoms with Gasteiger partial charge in [-0.1, -0.05) is 0 Å². The third kappa shape index (κ3) is 2.59. The fourth-order valence-corrected chi connectivity index (χ4v) is 2.88. The number of aryl methyl sites for hydroxylation is 1. The van der Waals surface area contributed by atoms with Crippen molar-refractivity contribution in [1.82, 2.24) is 19.7 Å². The second-order valence-electron chi connectivity index (χ2n) is 5.77. The van der Waals surface area contributed by atoms with Crippen molar-refractivity contribution in [2.75, 3.05) is 0 Å². The quantitative estimate of drug-likeness (QED) is 0.611. The smallest absolute Gasteiger partial charge is 0.336 e. The summed E-state index contributed by atoms with van der Waals surface area (Å²) in [5.41, 5.74) is 2.81. The Bertz CT molecular complexity index is 1120. The van der Waals surface area contributed by atoms with Crippen molar-refractivity contribution in [3.63, 3.8) is 0 Å². The van der Waals surface area contributed by atoms with Crippen LogP contribution in [0.15, 0.2) is 54.9 Å². The highest BCUT2D eigenvalue weighted by atomic mass is 19.1. The number of carboxylic acids is 1. The van der Waals surface area contributed by atoms with Gasteiger partial charge in [-0.25, -0.2) is 18.9 Å². The first-order chi connectivity index (χ1) is 12.5. The minimum Gasteiger partial charge on any atom is -0.478 e. The summed E-state index contributed by atoms with van der Waals surface area (Å²) in [6, 6.07) is 10.9. The van der Waals surface area contributed by atoms with E-state index in [-0.39, 0.29) is 11.4 Å². The zero-order chi connectivity index (χ0) is 18.3. The summed E-state index contributed by atoms with van der Waals surface area (Å²) in [6.07, 6.45) is 3.25. The second kappa shape index (κ2) is 6.03. The van der Waals surface area contributed by atoms with Crippen molar-refractivity contribution in [1.29, 1.82) is 0 Å². The van der Waals surface area contributed by atoms with Crippen LogP contribution in [0.3, 0.4) is 0 Å². The zero-order valence-corrected chi connectivity index (χ0v) is 13.7. The number of nitrogens with zero attached hydrogens (tertiary/aromatic N) is 4. The van der Waals surface area contributed by atoms with Gasteiger partial charge in [-0.2, -0.15) is 5.10 Å². The van der Waals surface area contributed by atoms with E-state index in [4.69, 9.17) is 0 Å². The molecule has 1 N–H and O–H groups in total. The number of hydrogen-bond acceptors (Lipinski definition) is 4. The summed E-state index contributed by atoms with van der Waals surface area (Å²) in [5, 5.41) is 14.5. The number of carboxylic acid groups (broad SMARTS) is 1. The predicted octanol–water partition coefficient (Wildman–Crippen LogP) is 3.63. The number of fused-ring (bicyclic) bond motifs is 1. The van der Waals surface area contributed by atoms with Crippen LogP contribution in [0.1, 0.15) is 16.1 Å². The van der Waals surface area contributed by atoms with Crippen molar-refractivity contribution in [2.45, 2.75) is 6.92 Å². The molecule has 1 aromatic carbocycles. The number of carbonyl (C=O) groups is 1. The molecular weight excluding hydrogens is 335 g/mol. The lowest BCUT2D eigenvalue weighted by Gasteiger charge is -2.07. The molecule has 0 aliphatic rings. The van der Waals surface area contributed by atoms with Crippen LogP contribution in [0, 0.1) is 12.7 Å². The van der Waals surface area contributed by atoms with Gasteiger partial charge in [-0.05, 0) is 49.4 Å². The molecule has 6 nitrogen and oxygen atoms in total. The van der Waals surface area contributed by atoms with Gasteiger partial charge < -0.3 is 5.11 Å². The van der Waals surface area contributed by atoms with Crippen LogP contribution in [-0.4, -0.2) is 30.8 Å². The van der Waals surface area contributed by atoms with E-state index in [1.54, 1.807) is 43.6 Å². The summed E-state index contributed by atoms with van der Waals surface area (Å²) in [6.45, 7) is 1.72. The largest absolute Gasteiger partial charge is 0.478 e. The van der Waals surface area contributed by atoms with Crippen molar-refractivity contribution < 1.29 is 14.3 Å². The van der Waals surface area contributed by atoms with Gasteiger partial charge in [-0.3, -0.25) is 4.98 Å². The molecule has 3 heterocycles. The Morgan fingerprint density at radius 1 is 1.19 bits per heavy atom. The van der Waals surface area contributed by atoms with Gasteiger partial charge in [0, 0.05) is 18.0 Å². The number of rotatable bonds is 3. The Hall–Kier alpha value is -3.61. The van der Waals surface area contributed by atoms with Gasteiger partial charge in [0.05, 0.1) is 28.0 Å². The molecule has 3 aromatic heterocycles. The Morgan fingerprint density at radius 3 is 2.62 bits per heavy atom. The van der Waals surface area contributed by atoms with Gasteiger partial charge in [-0.15, -0.1) is 0 Å². The molecule has 4 rings (SSSR count). The average molecular weight is 348 g/mol. The normalized spacial score (nSPS) is 11.0. The van der Waals surface area contributed by atoms with Crippen LogP contribution in [0.2, 0.25) is 0 Å². The third-order valence-electron chi connectivity index (χ3n) is 4.07. The standard InChI is InChI=1S/C19H13FN4O2/c1-11-17-15(19(25)26)9-16(12-3-2-8-21-10-12)22-18(17)24(23-11)14-6-4-13(20)5-7-14/h2-10H,1H3,(H,25,26). The topological polar surface area (TPSA) is 80.9 Å². The lowest BCUT2D eigenvalue weighted by molar-refractivity contribution is 0.0699. The van der Waals surface area contributed by atoms with Crippen LogP contribution in [0.5, 0.6) is 0 Å². The Balaban J connectivity index is 2.04. The number of hydrogen-bond donors (Lipinski definition) is 1. The van der Waals surface area contributed by atoms with E-state index in [0.29, 0.717) is 33.7 Å². The van der Waals surface area contributed by atoms with Crippen molar-refractivity contribution in [3.8, 4) is 16.9 Å². The Morgan fingerprint density at radius 2 is 1.96 bits per heavy atom. The molecule has 0 saturated carbocycles. The first-order valence-electron chi connectivity index (χ1n) is 7.84. The highest BCUT2D eigenvalue weighted by Crippen LogP contribution is 2.28. The first-order valence-corrected chi connectivity index (χ1v) is 7.84. The SMILES string of the molecule is Cc1nn(-c2ccc(F)cc2)c2nc(-c3cccnc3)cc(C(=O)O)c12. The van der Waals surface area contributed by atoms with E-state index >= 15 is 0 Å². The molecule has 0 unspecified atom stereocenters. The van der Waals surface area contributed by atoms with Crippen molar-refractivity contribution in [2.24, 2.45) is 0 Å². The molecule has 4 aromatic rings. The molecule has 0 radical (unpaired) electrons. The third-order valence-corrected chi connectivity index (χ3v) is 4.07. The fraction of sp³-hybridized carbons (Fsp3) is 0.0526. The van der Waals surface area contributed by atoms with E-state index in [9.17, 15) is 14.3 Å². The lowest BCUT2D eigenvalue weighted by atomic mass is 10.1. The zero-order valence-electron chi connectivity index (χ0n) is 13.7. The van der Waals surface area contributed by atoms with Gasteiger partial charge in [0.25, 0.3) is 0 Å². The maximum absolute atomic E-state index is 13.2. The lowest BCUT2D eigenvalue weighted by Crippen LogP contribution is -2.02. The number of benzene rings is 1. The molecule has 7 heteroatoms. The molecule has 0 fully saturated rings. The van der Waals surface area contributed by atoms with E-state index in [1.807, 2.05) is 0 Å². The van der Waals surface area contributed by atoms with E-state index in [0.717, 1.165) is 0 Å². The van der Waals surface area contributed by atoms with Crippen LogP contribution < -0.4 is 0 Å². The maximum Gasteiger partial charge on any atom is 0.336 e. The molecule has 0 atom stereocenters. The molecule has 26 heavy (non-hydrogen) atoms. The summed E-state index contributed by atoms with van der Waals surface area (Å²) in [5.74, 6) is -1.43. The molecule has 0 spiro atoms. The van der Waals surface area contributed by atoms with Crippen LogP contribution in [0.4, 0.5) is 4.39 Å². The maximum atomic E-state index is 13.2. The van der Waals surface area contributed by atoms with Crippen molar-refractivity contribution in [3.05, 3.63) is 71.9 Å².